The summed E-state index contributed by atoms with van der Waals surface area (Å²) >= 11 is 0. The molecule has 9 heteroatoms. The average Bonchev–Trinajstić information content (AvgIpc) is 3.08. The third-order valence-corrected chi connectivity index (χ3v) is 4.77. The number of benzene rings is 1. The van der Waals surface area contributed by atoms with Crippen molar-refractivity contribution in [3.05, 3.63) is 47.0 Å². The van der Waals surface area contributed by atoms with Crippen LogP contribution in [0.5, 0.6) is 0 Å². The molecule has 2 aromatic rings. The highest BCUT2D eigenvalue weighted by Gasteiger charge is 2.22. The summed E-state index contributed by atoms with van der Waals surface area (Å²) in [5.74, 6) is 2.63. The van der Waals surface area contributed by atoms with Gasteiger partial charge < -0.3 is 20.3 Å². The molecule has 0 saturated carbocycles. The zero-order chi connectivity index (χ0) is 20.6. The number of guanidine groups is 1. The summed E-state index contributed by atoms with van der Waals surface area (Å²) in [5, 5.41) is 11.5. The molecule has 3 rings (SSSR count). The van der Waals surface area contributed by atoms with E-state index in [2.05, 4.69) is 70.9 Å². The average molecular weight is 527 g/mol. The number of fused-ring (bicyclic) bond motifs is 1. The molecule has 30 heavy (non-hydrogen) atoms. The van der Waals surface area contributed by atoms with Crippen LogP contribution in [0.15, 0.2) is 29.3 Å². The summed E-state index contributed by atoms with van der Waals surface area (Å²) in [6.07, 6.45) is 1.91. The lowest BCUT2D eigenvalue weighted by atomic mass is 10.1. The Hall–Kier alpha value is -1.72. The molecule has 0 radical (unpaired) electrons. The Kier molecular flexibility index (Phi) is 9.99. The Bertz CT molecular complexity index is 821. The van der Waals surface area contributed by atoms with Gasteiger partial charge >= 0.3 is 0 Å². The van der Waals surface area contributed by atoms with Crippen molar-refractivity contribution in [3.63, 3.8) is 0 Å². The smallest absolute Gasteiger partial charge is 0.191 e. The summed E-state index contributed by atoms with van der Waals surface area (Å²) in [6, 6.07) is 8.90. The minimum Gasteiger partial charge on any atom is -0.377 e. The second-order valence-electron chi connectivity index (χ2n) is 7.69. The van der Waals surface area contributed by atoms with Crippen molar-refractivity contribution in [2.24, 2.45) is 4.99 Å². The van der Waals surface area contributed by atoms with Crippen molar-refractivity contribution < 1.29 is 4.74 Å². The molecule has 1 aromatic heterocycles. The van der Waals surface area contributed by atoms with E-state index in [0.29, 0.717) is 13.2 Å². The molecule has 1 aliphatic rings. The number of halogens is 1. The fourth-order valence-corrected chi connectivity index (χ4v) is 3.54. The molecule has 0 bridgehead atoms. The van der Waals surface area contributed by atoms with Gasteiger partial charge in [0.25, 0.3) is 0 Å². The maximum Gasteiger partial charge on any atom is 0.191 e. The third kappa shape index (κ3) is 7.21. The lowest BCUT2D eigenvalue weighted by Crippen LogP contribution is -2.47. The number of hydrogen-bond donors (Lipinski definition) is 2. The van der Waals surface area contributed by atoms with E-state index in [9.17, 15) is 0 Å². The highest BCUT2D eigenvalue weighted by atomic mass is 127. The highest BCUT2D eigenvalue weighted by molar-refractivity contribution is 14.0. The molecule has 1 atom stereocenters. The normalized spacial score (nSPS) is 16.2. The van der Waals surface area contributed by atoms with E-state index in [1.54, 1.807) is 7.11 Å². The van der Waals surface area contributed by atoms with Crippen LogP contribution in [0.25, 0.3) is 0 Å². The van der Waals surface area contributed by atoms with Crippen molar-refractivity contribution in [1.29, 1.82) is 0 Å². The van der Waals surface area contributed by atoms with Crippen molar-refractivity contribution in [3.8, 4) is 0 Å². The van der Waals surface area contributed by atoms with Crippen LogP contribution in [0.4, 0.5) is 0 Å². The Labute approximate surface area is 196 Å². The maximum atomic E-state index is 5.15. The number of aryl methyl sites for hydroxylation is 1. The quantitative estimate of drug-likeness (QED) is 0.311. The Morgan fingerprint density at radius 2 is 2.13 bits per heavy atom. The molecule has 2 heterocycles. The van der Waals surface area contributed by atoms with Crippen LogP contribution in [0, 0.1) is 0 Å². The number of ether oxygens (including phenoxy) is 1. The minimum absolute atomic E-state index is 0. The lowest BCUT2D eigenvalue weighted by molar-refractivity contribution is 0.177. The largest absolute Gasteiger partial charge is 0.377 e. The summed E-state index contributed by atoms with van der Waals surface area (Å²) in [6.45, 7) is 5.73. The molecule has 8 nitrogen and oxygen atoms in total. The van der Waals surface area contributed by atoms with Gasteiger partial charge in [0.2, 0.25) is 0 Å². The molecule has 0 aliphatic carbocycles. The van der Waals surface area contributed by atoms with Crippen molar-refractivity contribution in [2.45, 2.75) is 52.0 Å². The molecular formula is C21H34IN7O. The molecule has 1 aromatic carbocycles. The van der Waals surface area contributed by atoms with Gasteiger partial charge in [-0.25, -0.2) is 14.7 Å². The Morgan fingerprint density at radius 1 is 1.33 bits per heavy atom. The topological polar surface area (TPSA) is 79.6 Å². The van der Waals surface area contributed by atoms with Gasteiger partial charge in [-0.05, 0) is 38.6 Å². The number of aromatic nitrogens is 3. The van der Waals surface area contributed by atoms with Gasteiger partial charge in [0.1, 0.15) is 12.4 Å². The van der Waals surface area contributed by atoms with E-state index in [0.717, 1.165) is 50.1 Å². The number of hydrogen-bond acceptors (Lipinski definition) is 5. The number of methoxy groups -OCH3 is 1. The number of aliphatic imine (C=N–C) groups is 1. The summed E-state index contributed by atoms with van der Waals surface area (Å²) in [5.41, 5.74) is 2.52. The SMILES string of the molecule is CCNC(=NCc1cccc(CN(C)C)c1)NC1CCc2nc(COC)nn2C1.I. The van der Waals surface area contributed by atoms with Gasteiger partial charge in [-0.1, -0.05) is 24.3 Å². The summed E-state index contributed by atoms with van der Waals surface area (Å²) < 4.78 is 7.14. The van der Waals surface area contributed by atoms with E-state index in [1.807, 2.05) is 4.68 Å². The predicted molar refractivity (Wildman–Crippen MR) is 130 cm³/mol. The van der Waals surface area contributed by atoms with E-state index < -0.39 is 0 Å². The number of rotatable bonds is 8. The first-order valence-electron chi connectivity index (χ1n) is 10.3. The number of nitrogens with zero attached hydrogens (tertiary/aromatic N) is 5. The van der Waals surface area contributed by atoms with Crippen LogP contribution in [-0.2, 0) is 37.4 Å². The lowest BCUT2D eigenvalue weighted by Gasteiger charge is -2.25. The maximum absolute atomic E-state index is 5.15. The van der Waals surface area contributed by atoms with Crippen molar-refractivity contribution in [2.75, 3.05) is 27.7 Å². The second kappa shape index (κ2) is 12.2. The first-order valence-corrected chi connectivity index (χ1v) is 10.3. The van der Waals surface area contributed by atoms with Crippen LogP contribution >= 0.6 is 24.0 Å². The van der Waals surface area contributed by atoms with E-state index >= 15 is 0 Å². The third-order valence-electron chi connectivity index (χ3n) is 4.77. The zero-order valence-electron chi connectivity index (χ0n) is 18.4. The van der Waals surface area contributed by atoms with E-state index in [-0.39, 0.29) is 30.0 Å². The van der Waals surface area contributed by atoms with Gasteiger partial charge in [-0.15, -0.1) is 24.0 Å². The first kappa shape index (κ1) is 24.5. The van der Waals surface area contributed by atoms with Crippen LogP contribution in [0.1, 0.15) is 36.1 Å². The van der Waals surface area contributed by atoms with Gasteiger partial charge in [0.05, 0.1) is 13.1 Å². The van der Waals surface area contributed by atoms with Gasteiger partial charge in [-0.3, -0.25) is 0 Å². The molecular weight excluding hydrogens is 493 g/mol. The van der Waals surface area contributed by atoms with Crippen LogP contribution in [-0.4, -0.2) is 59.4 Å². The molecule has 0 fully saturated rings. The summed E-state index contributed by atoms with van der Waals surface area (Å²) in [4.78, 5) is 11.5. The van der Waals surface area contributed by atoms with Gasteiger partial charge in [0.15, 0.2) is 11.8 Å². The van der Waals surface area contributed by atoms with Gasteiger partial charge in [0, 0.05) is 32.7 Å². The van der Waals surface area contributed by atoms with Crippen molar-refractivity contribution >= 4 is 29.9 Å². The molecule has 166 valence electrons. The molecule has 0 spiro atoms. The van der Waals surface area contributed by atoms with E-state index in [1.165, 1.54) is 11.1 Å². The second-order valence-corrected chi connectivity index (χ2v) is 7.69. The van der Waals surface area contributed by atoms with Crippen LogP contribution in [0.3, 0.4) is 0 Å². The molecule has 2 N–H and O–H groups in total. The van der Waals surface area contributed by atoms with E-state index in [4.69, 9.17) is 9.73 Å². The summed E-state index contributed by atoms with van der Waals surface area (Å²) in [7, 11) is 5.83. The minimum atomic E-state index is 0. The first-order chi connectivity index (χ1) is 14.1. The number of nitrogens with one attached hydrogen (secondary N) is 2. The Morgan fingerprint density at radius 3 is 2.87 bits per heavy atom. The fourth-order valence-electron chi connectivity index (χ4n) is 3.54. The molecule has 1 aliphatic heterocycles. The Balaban J connectivity index is 0.00000320. The monoisotopic (exact) mass is 527 g/mol. The fraction of sp³-hybridized carbons (Fsp3) is 0.571. The van der Waals surface area contributed by atoms with Crippen LogP contribution < -0.4 is 10.6 Å². The molecule has 1 unspecified atom stereocenters. The highest BCUT2D eigenvalue weighted by Crippen LogP contribution is 2.14. The van der Waals surface area contributed by atoms with Crippen LogP contribution in [0.2, 0.25) is 0 Å². The van der Waals surface area contributed by atoms with Gasteiger partial charge in [-0.2, -0.15) is 5.10 Å². The zero-order valence-corrected chi connectivity index (χ0v) is 20.7. The standard InChI is InChI=1S/C21H33N7O.HI/c1-5-22-21(23-12-16-7-6-8-17(11-16)13-27(2)3)24-18-9-10-20-25-19(15-29-4)26-28(20)14-18;/h6-8,11,18H,5,9-10,12-15H2,1-4H3,(H2,22,23,24);1H. The molecule has 0 saturated heterocycles. The molecule has 0 amide bonds. The van der Waals surface area contributed by atoms with Crippen molar-refractivity contribution in [1.82, 2.24) is 30.3 Å². The predicted octanol–water partition coefficient (Wildman–Crippen LogP) is 2.17.